The van der Waals surface area contributed by atoms with Gasteiger partial charge in [0.05, 0.1) is 6.42 Å². The number of carbonyl (C=O) groups is 4. The van der Waals surface area contributed by atoms with Crippen LogP contribution in [-0.4, -0.2) is 29.7 Å². The summed E-state index contributed by atoms with van der Waals surface area (Å²) in [6, 6.07) is 11.6. The third-order valence-electron chi connectivity index (χ3n) is 4.36. The molecule has 7 nitrogen and oxygen atoms in total. The van der Waals surface area contributed by atoms with E-state index in [2.05, 4.69) is 5.32 Å². The SMILES string of the molecule is Cc1ccc(C)c(C(=O)CCC(=O)O[C@@H](C)C(=O)Nc2ccc(C(N)=O)cc2)c1. The van der Waals surface area contributed by atoms with E-state index in [0.717, 1.165) is 11.1 Å². The number of benzene rings is 2. The Hall–Kier alpha value is -3.48. The Morgan fingerprint density at radius 1 is 1.00 bits per heavy atom. The summed E-state index contributed by atoms with van der Waals surface area (Å²) in [4.78, 5) is 47.6. The molecule has 0 unspecified atom stereocenters. The fourth-order valence-corrected chi connectivity index (χ4v) is 2.66. The van der Waals surface area contributed by atoms with Crippen LogP contribution in [-0.2, 0) is 14.3 Å². The van der Waals surface area contributed by atoms with E-state index in [1.807, 2.05) is 26.0 Å². The van der Waals surface area contributed by atoms with Gasteiger partial charge in [-0.05, 0) is 56.7 Å². The lowest BCUT2D eigenvalue weighted by atomic mass is 9.99. The van der Waals surface area contributed by atoms with Crippen LogP contribution < -0.4 is 11.1 Å². The second kappa shape index (κ2) is 9.64. The van der Waals surface area contributed by atoms with Crippen molar-refractivity contribution in [1.82, 2.24) is 0 Å². The lowest BCUT2D eigenvalue weighted by Crippen LogP contribution is -2.30. The first-order valence-electron chi connectivity index (χ1n) is 9.18. The van der Waals surface area contributed by atoms with Crippen LogP contribution in [0, 0.1) is 13.8 Å². The number of rotatable bonds is 8. The van der Waals surface area contributed by atoms with E-state index in [4.69, 9.17) is 10.5 Å². The van der Waals surface area contributed by atoms with E-state index in [9.17, 15) is 19.2 Å². The zero-order chi connectivity index (χ0) is 21.6. The Bertz CT molecular complexity index is 935. The minimum absolute atomic E-state index is 0.00600. The molecule has 0 aromatic heterocycles. The third-order valence-corrected chi connectivity index (χ3v) is 4.36. The van der Waals surface area contributed by atoms with Gasteiger partial charge in [-0.25, -0.2) is 0 Å². The molecule has 0 saturated carbocycles. The molecule has 3 N–H and O–H groups in total. The van der Waals surface area contributed by atoms with Crippen molar-refractivity contribution < 1.29 is 23.9 Å². The summed E-state index contributed by atoms with van der Waals surface area (Å²) in [7, 11) is 0. The van der Waals surface area contributed by atoms with Gasteiger partial charge in [0, 0.05) is 23.2 Å². The van der Waals surface area contributed by atoms with Gasteiger partial charge in [-0.15, -0.1) is 0 Å². The zero-order valence-electron chi connectivity index (χ0n) is 16.7. The summed E-state index contributed by atoms with van der Waals surface area (Å²) in [6.45, 7) is 5.18. The van der Waals surface area contributed by atoms with E-state index in [1.165, 1.54) is 31.2 Å². The van der Waals surface area contributed by atoms with E-state index in [1.54, 1.807) is 6.07 Å². The minimum Gasteiger partial charge on any atom is -0.453 e. The van der Waals surface area contributed by atoms with Gasteiger partial charge in [0.1, 0.15) is 0 Å². The van der Waals surface area contributed by atoms with Crippen LogP contribution >= 0.6 is 0 Å². The molecule has 0 spiro atoms. The van der Waals surface area contributed by atoms with Crippen LogP contribution in [0.3, 0.4) is 0 Å². The molecule has 2 aromatic rings. The second-order valence-corrected chi connectivity index (χ2v) is 6.80. The quantitative estimate of drug-likeness (QED) is 0.526. The molecule has 0 bridgehead atoms. The topological polar surface area (TPSA) is 116 Å². The number of nitrogens with two attached hydrogens (primary N) is 1. The summed E-state index contributed by atoms with van der Waals surface area (Å²) in [6.07, 6.45) is -1.14. The summed E-state index contributed by atoms with van der Waals surface area (Å²) in [5.41, 5.74) is 8.32. The second-order valence-electron chi connectivity index (χ2n) is 6.80. The van der Waals surface area contributed by atoms with Crippen LogP contribution in [0.15, 0.2) is 42.5 Å². The van der Waals surface area contributed by atoms with Crippen LogP contribution in [0.1, 0.15) is 51.6 Å². The molecule has 0 heterocycles. The fraction of sp³-hybridized carbons (Fsp3) is 0.273. The van der Waals surface area contributed by atoms with Gasteiger partial charge in [0.15, 0.2) is 11.9 Å². The predicted octanol–water partition coefficient (Wildman–Crippen LogP) is 2.94. The number of ketones is 1. The van der Waals surface area contributed by atoms with Crippen LogP contribution in [0.4, 0.5) is 5.69 Å². The van der Waals surface area contributed by atoms with Crippen molar-refractivity contribution >= 4 is 29.3 Å². The molecule has 7 heteroatoms. The van der Waals surface area contributed by atoms with E-state index >= 15 is 0 Å². The maximum atomic E-state index is 12.3. The Morgan fingerprint density at radius 3 is 2.28 bits per heavy atom. The van der Waals surface area contributed by atoms with Gasteiger partial charge in [-0.2, -0.15) is 0 Å². The number of carbonyl (C=O) groups excluding carboxylic acids is 4. The van der Waals surface area contributed by atoms with Crippen LogP contribution in [0.2, 0.25) is 0 Å². The highest BCUT2D eigenvalue weighted by Gasteiger charge is 2.19. The van der Waals surface area contributed by atoms with Crippen molar-refractivity contribution in [3.63, 3.8) is 0 Å². The van der Waals surface area contributed by atoms with Crippen molar-refractivity contribution in [3.05, 3.63) is 64.7 Å². The Kier molecular flexibility index (Phi) is 7.25. The number of nitrogens with one attached hydrogen (secondary N) is 1. The summed E-state index contributed by atoms with van der Waals surface area (Å²) in [5.74, 6) is -1.86. The van der Waals surface area contributed by atoms with Gasteiger partial charge in [0.2, 0.25) is 5.91 Å². The highest BCUT2D eigenvalue weighted by atomic mass is 16.5. The first-order chi connectivity index (χ1) is 13.7. The summed E-state index contributed by atoms with van der Waals surface area (Å²) < 4.78 is 5.11. The number of hydrogen-bond acceptors (Lipinski definition) is 5. The monoisotopic (exact) mass is 396 g/mol. The highest BCUT2D eigenvalue weighted by Crippen LogP contribution is 2.15. The van der Waals surface area contributed by atoms with Crippen molar-refractivity contribution in [3.8, 4) is 0 Å². The van der Waals surface area contributed by atoms with Crippen LogP contribution in [0.25, 0.3) is 0 Å². The van der Waals surface area contributed by atoms with Crippen molar-refractivity contribution in [2.24, 2.45) is 5.73 Å². The number of aryl methyl sites for hydroxylation is 2. The van der Waals surface area contributed by atoms with Crippen molar-refractivity contribution in [2.75, 3.05) is 5.32 Å². The average molecular weight is 396 g/mol. The molecule has 0 aliphatic rings. The van der Waals surface area contributed by atoms with Gasteiger partial charge in [-0.3, -0.25) is 19.2 Å². The van der Waals surface area contributed by atoms with Crippen molar-refractivity contribution in [2.45, 2.75) is 39.7 Å². The maximum Gasteiger partial charge on any atom is 0.307 e. The molecule has 0 radical (unpaired) electrons. The lowest BCUT2D eigenvalue weighted by Gasteiger charge is -2.14. The Labute approximate surface area is 169 Å². The molecule has 29 heavy (non-hydrogen) atoms. The van der Waals surface area contributed by atoms with E-state index in [0.29, 0.717) is 16.8 Å². The Morgan fingerprint density at radius 2 is 1.66 bits per heavy atom. The molecule has 2 rings (SSSR count). The summed E-state index contributed by atoms with van der Waals surface area (Å²) in [5, 5.41) is 2.58. The van der Waals surface area contributed by atoms with E-state index < -0.39 is 23.9 Å². The van der Waals surface area contributed by atoms with Crippen molar-refractivity contribution in [1.29, 1.82) is 0 Å². The lowest BCUT2D eigenvalue weighted by molar-refractivity contribution is -0.153. The van der Waals surface area contributed by atoms with Gasteiger partial charge >= 0.3 is 5.97 Å². The zero-order valence-corrected chi connectivity index (χ0v) is 16.7. The summed E-state index contributed by atoms with van der Waals surface area (Å²) >= 11 is 0. The van der Waals surface area contributed by atoms with Gasteiger partial charge in [-0.1, -0.05) is 17.7 Å². The normalized spacial score (nSPS) is 11.4. The Balaban J connectivity index is 1.84. The molecular weight excluding hydrogens is 372 g/mol. The number of esters is 1. The number of ether oxygens (including phenoxy) is 1. The number of hydrogen-bond donors (Lipinski definition) is 2. The molecule has 2 amide bonds. The number of anilines is 1. The molecular formula is C22H24N2O5. The number of amides is 2. The molecule has 2 aromatic carbocycles. The minimum atomic E-state index is -1.03. The molecule has 0 fully saturated rings. The largest absolute Gasteiger partial charge is 0.453 e. The molecule has 1 atom stereocenters. The van der Waals surface area contributed by atoms with Gasteiger partial charge < -0.3 is 15.8 Å². The van der Waals surface area contributed by atoms with Crippen LogP contribution in [0.5, 0.6) is 0 Å². The van der Waals surface area contributed by atoms with E-state index in [-0.39, 0.29) is 18.6 Å². The fourth-order valence-electron chi connectivity index (χ4n) is 2.66. The predicted molar refractivity (Wildman–Crippen MR) is 109 cm³/mol. The van der Waals surface area contributed by atoms with Gasteiger partial charge in [0.25, 0.3) is 5.91 Å². The highest BCUT2D eigenvalue weighted by molar-refractivity contribution is 5.99. The number of primary amides is 1. The smallest absolute Gasteiger partial charge is 0.307 e. The average Bonchev–Trinajstić information content (AvgIpc) is 2.68. The molecule has 152 valence electrons. The molecule has 0 aliphatic carbocycles. The first kappa shape index (κ1) is 21.8. The third kappa shape index (κ3) is 6.27. The number of Topliss-reactive ketones (excluding diaryl/α,β-unsaturated/α-hetero) is 1. The molecule has 0 aliphatic heterocycles. The standard InChI is InChI=1S/C22H24N2O5/c1-13-4-5-14(2)18(12-13)19(25)10-11-20(26)29-15(3)22(28)24-17-8-6-16(7-9-17)21(23)27/h4-9,12,15H,10-11H2,1-3H3,(H2,23,27)(H,24,28)/t15-/m0/s1. The first-order valence-corrected chi connectivity index (χ1v) is 9.18. The molecule has 0 saturated heterocycles. The maximum absolute atomic E-state index is 12.3.